The van der Waals surface area contributed by atoms with Gasteiger partial charge in [-0.15, -0.1) is 0 Å². The van der Waals surface area contributed by atoms with Gasteiger partial charge in [0.1, 0.15) is 0 Å². The highest BCUT2D eigenvalue weighted by Crippen LogP contribution is 2.39. The number of nitro groups is 1. The summed E-state index contributed by atoms with van der Waals surface area (Å²) in [7, 11) is 0. The van der Waals surface area contributed by atoms with Crippen LogP contribution in [-0.2, 0) is 14.9 Å². The summed E-state index contributed by atoms with van der Waals surface area (Å²) in [6.45, 7) is 2.18. The Balaban J connectivity index is 2.34. The molecule has 0 spiro atoms. The van der Waals surface area contributed by atoms with Crippen molar-refractivity contribution in [2.24, 2.45) is 0 Å². The zero-order valence-electron chi connectivity index (χ0n) is 12.1. The van der Waals surface area contributed by atoms with Crippen LogP contribution in [0.15, 0.2) is 42.2 Å². The lowest BCUT2D eigenvalue weighted by Gasteiger charge is -2.34. The fourth-order valence-corrected chi connectivity index (χ4v) is 2.83. The molecule has 1 atom stereocenters. The first kappa shape index (κ1) is 15.2. The third kappa shape index (κ3) is 3.29. The van der Waals surface area contributed by atoms with E-state index in [0.29, 0.717) is 25.2 Å². The predicted molar refractivity (Wildman–Crippen MR) is 78.5 cm³/mol. The van der Waals surface area contributed by atoms with Crippen molar-refractivity contribution in [1.29, 1.82) is 0 Å². The Kier molecular flexibility index (Phi) is 4.73. The van der Waals surface area contributed by atoms with Gasteiger partial charge in [-0.1, -0.05) is 30.3 Å². The molecular weight excluding hydrogens is 270 g/mol. The van der Waals surface area contributed by atoms with E-state index < -0.39 is 5.41 Å². The van der Waals surface area contributed by atoms with Crippen LogP contribution < -0.4 is 0 Å². The smallest absolute Gasteiger partial charge is 0.205 e. The number of hydrogen-bond donors (Lipinski definition) is 0. The minimum Gasteiger partial charge on any atom is -0.498 e. The summed E-state index contributed by atoms with van der Waals surface area (Å²) in [6.07, 6.45) is 2.92. The Morgan fingerprint density at radius 2 is 2.05 bits per heavy atom. The van der Waals surface area contributed by atoms with E-state index in [0.717, 1.165) is 5.56 Å². The number of carbonyl (C=O) groups excluding carboxylic acids is 1. The van der Waals surface area contributed by atoms with Gasteiger partial charge in [0.25, 0.3) is 0 Å². The van der Waals surface area contributed by atoms with Crippen molar-refractivity contribution in [3.63, 3.8) is 0 Å². The monoisotopic (exact) mass is 289 g/mol. The minimum absolute atomic E-state index is 0.0924. The van der Waals surface area contributed by atoms with E-state index in [-0.39, 0.29) is 23.7 Å². The van der Waals surface area contributed by atoms with E-state index in [1.807, 2.05) is 37.3 Å². The number of nitrogens with zero attached hydrogens (tertiary/aromatic N) is 1. The molecule has 5 nitrogen and oxygen atoms in total. The third-order valence-corrected chi connectivity index (χ3v) is 3.94. The molecule has 112 valence electrons. The van der Waals surface area contributed by atoms with Crippen molar-refractivity contribution in [3.05, 3.63) is 57.8 Å². The molecule has 21 heavy (non-hydrogen) atoms. The molecule has 1 aliphatic rings. The largest absolute Gasteiger partial charge is 0.498 e. The molecule has 1 aromatic rings. The van der Waals surface area contributed by atoms with Gasteiger partial charge in [0.15, 0.2) is 5.78 Å². The number of carbonyl (C=O) groups is 1. The molecule has 1 aromatic carbocycles. The molecule has 0 saturated carbocycles. The number of ketones is 1. The van der Waals surface area contributed by atoms with E-state index in [1.54, 1.807) is 0 Å². The first-order valence-corrected chi connectivity index (χ1v) is 7.13. The predicted octanol–water partition coefficient (Wildman–Crippen LogP) is 2.87. The zero-order valence-corrected chi connectivity index (χ0v) is 12.1. The molecule has 0 fully saturated rings. The average molecular weight is 289 g/mol. The maximum Gasteiger partial charge on any atom is 0.205 e. The summed E-state index contributed by atoms with van der Waals surface area (Å²) >= 11 is 0. The topological polar surface area (TPSA) is 69.4 Å². The van der Waals surface area contributed by atoms with Gasteiger partial charge in [-0.25, -0.2) is 0 Å². The molecule has 0 amide bonds. The van der Waals surface area contributed by atoms with Crippen molar-refractivity contribution < 1.29 is 14.5 Å². The van der Waals surface area contributed by atoms with Crippen LogP contribution in [-0.4, -0.2) is 23.9 Å². The highest BCUT2D eigenvalue weighted by atomic mass is 16.6. The van der Waals surface area contributed by atoms with Gasteiger partial charge in [0, 0.05) is 23.8 Å². The van der Waals surface area contributed by atoms with Crippen LogP contribution in [0.1, 0.15) is 31.7 Å². The van der Waals surface area contributed by atoms with Crippen LogP contribution in [0.25, 0.3) is 0 Å². The molecular formula is C16H19NO4. The van der Waals surface area contributed by atoms with Crippen LogP contribution in [0.2, 0.25) is 0 Å². The molecule has 0 heterocycles. The van der Waals surface area contributed by atoms with Crippen molar-refractivity contribution >= 4 is 5.78 Å². The van der Waals surface area contributed by atoms with Gasteiger partial charge in [-0.2, -0.15) is 0 Å². The maximum atomic E-state index is 12.6. The number of benzene rings is 1. The first-order chi connectivity index (χ1) is 10.1. The molecule has 0 aliphatic heterocycles. The van der Waals surface area contributed by atoms with Crippen molar-refractivity contribution in [1.82, 2.24) is 0 Å². The van der Waals surface area contributed by atoms with Crippen molar-refractivity contribution in [2.75, 3.05) is 13.2 Å². The Morgan fingerprint density at radius 3 is 2.62 bits per heavy atom. The Bertz CT molecular complexity index is 553. The van der Waals surface area contributed by atoms with Gasteiger partial charge in [-0.05, 0) is 18.9 Å². The maximum absolute atomic E-state index is 12.6. The average Bonchev–Trinajstić information content (AvgIpc) is 2.48. The van der Waals surface area contributed by atoms with Gasteiger partial charge in [0.2, 0.25) is 6.54 Å². The summed E-state index contributed by atoms with van der Waals surface area (Å²) < 4.78 is 5.41. The van der Waals surface area contributed by atoms with Crippen molar-refractivity contribution in [3.8, 4) is 0 Å². The Labute approximate surface area is 123 Å². The Morgan fingerprint density at radius 1 is 1.33 bits per heavy atom. The highest BCUT2D eigenvalue weighted by molar-refractivity contribution is 6.00. The van der Waals surface area contributed by atoms with E-state index >= 15 is 0 Å². The second kappa shape index (κ2) is 6.52. The number of allylic oxidation sites excluding steroid dienone is 2. The van der Waals surface area contributed by atoms with E-state index in [9.17, 15) is 14.9 Å². The molecule has 0 N–H and O–H groups in total. The molecule has 0 saturated heterocycles. The number of rotatable bonds is 6. The van der Waals surface area contributed by atoms with E-state index in [4.69, 9.17) is 4.74 Å². The fourth-order valence-electron chi connectivity index (χ4n) is 2.83. The van der Waals surface area contributed by atoms with Gasteiger partial charge >= 0.3 is 0 Å². The normalized spacial score (nSPS) is 21.8. The van der Waals surface area contributed by atoms with E-state index in [2.05, 4.69) is 0 Å². The van der Waals surface area contributed by atoms with Crippen LogP contribution in [0, 0.1) is 10.1 Å². The molecule has 0 unspecified atom stereocenters. The second-order valence-electron chi connectivity index (χ2n) is 5.16. The summed E-state index contributed by atoms with van der Waals surface area (Å²) in [5.74, 6) is 0.584. The van der Waals surface area contributed by atoms with Crippen LogP contribution >= 0.6 is 0 Å². The third-order valence-electron chi connectivity index (χ3n) is 3.94. The van der Waals surface area contributed by atoms with Gasteiger partial charge in [-0.3, -0.25) is 14.9 Å². The molecule has 2 rings (SSSR count). The summed E-state index contributed by atoms with van der Waals surface area (Å²) in [5.41, 5.74) is 0.0539. The van der Waals surface area contributed by atoms with Crippen LogP contribution in [0.4, 0.5) is 0 Å². The highest BCUT2D eigenvalue weighted by Gasteiger charge is 2.42. The zero-order chi connectivity index (χ0) is 15.3. The molecule has 0 bridgehead atoms. The molecule has 5 heteroatoms. The fraction of sp³-hybridized carbons (Fsp3) is 0.438. The Hall–Kier alpha value is -2.17. The number of hydrogen-bond acceptors (Lipinski definition) is 4. The van der Waals surface area contributed by atoms with Gasteiger partial charge < -0.3 is 4.74 Å². The lowest BCUT2D eigenvalue weighted by molar-refractivity contribution is -0.481. The summed E-state index contributed by atoms with van der Waals surface area (Å²) in [5, 5.41) is 10.7. The molecule has 0 aromatic heterocycles. The van der Waals surface area contributed by atoms with Crippen LogP contribution in [0.5, 0.6) is 0 Å². The standard InChI is InChI=1S/C16H19NO4/c1-2-21-14-8-9-16(15(18)12-14,10-11-17(19)20)13-6-4-3-5-7-13/h3-7,12H,2,8-11H2,1H3/t16-/m0/s1. The van der Waals surface area contributed by atoms with Crippen molar-refractivity contribution in [2.45, 2.75) is 31.6 Å². The second-order valence-corrected chi connectivity index (χ2v) is 5.16. The number of ether oxygens (including phenoxy) is 1. The molecule has 1 aliphatic carbocycles. The minimum atomic E-state index is -0.797. The lowest BCUT2D eigenvalue weighted by Crippen LogP contribution is -2.39. The lowest BCUT2D eigenvalue weighted by atomic mass is 9.68. The van der Waals surface area contributed by atoms with Gasteiger partial charge in [0.05, 0.1) is 17.8 Å². The first-order valence-electron chi connectivity index (χ1n) is 7.13. The van der Waals surface area contributed by atoms with E-state index in [1.165, 1.54) is 6.08 Å². The summed E-state index contributed by atoms with van der Waals surface area (Å²) in [6, 6.07) is 9.34. The molecule has 0 radical (unpaired) electrons. The van der Waals surface area contributed by atoms with Crippen LogP contribution in [0.3, 0.4) is 0 Å². The SMILES string of the molecule is CCOC1=CC(=O)[C@@](CC[N+](=O)[O-])(c2ccccc2)CC1. The quantitative estimate of drug-likeness (QED) is 0.596. The summed E-state index contributed by atoms with van der Waals surface area (Å²) in [4.78, 5) is 23.0.